The Morgan fingerprint density at radius 2 is 2.50 bits per heavy atom. The molecule has 4 nitrogen and oxygen atoms in total. The smallest absolute Gasteiger partial charge is 0.417 e. The van der Waals surface area contributed by atoms with Crippen LogP contribution in [0.4, 0.5) is 4.79 Å². The van der Waals surface area contributed by atoms with E-state index in [0.717, 1.165) is 11.9 Å². The first kappa shape index (κ1) is 9.29. The molecule has 0 aromatic carbocycles. The third kappa shape index (κ3) is 5.43. The lowest BCUT2D eigenvalue weighted by molar-refractivity contribution is -0.105. The van der Waals surface area contributed by atoms with Crippen molar-refractivity contribution in [3.05, 3.63) is 0 Å². The van der Waals surface area contributed by atoms with E-state index in [2.05, 4.69) is 9.46 Å². The zero-order valence-electron chi connectivity index (χ0n) is 5.62. The highest BCUT2D eigenvalue weighted by Crippen LogP contribution is 1.90. The van der Waals surface area contributed by atoms with Crippen LogP contribution >= 0.6 is 11.9 Å². The standard InChI is InChI=1S/C5H9NO3S/c1-2-9-5(8)6-10-4-3-7/h3H,2,4H2,1H3,(H,6,8). The van der Waals surface area contributed by atoms with Gasteiger partial charge in [0.1, 0.15) is 6.29 Å². The molecule has 0 aromatic rings. The van der Waals surface area contributed by atoms with E-state index in [1.165, 1.54) is 0 Å². The molecule has 0 radical (unpaired) electrons. The van der Waals surface area contributed by atoms with E-state index in [1.54, 1.807) is 6.92 Å². The third-order valence-electron chi connectivity index (χ3n) is 0.582. The van der Waals surface area contributed by atoms with Crippen molar-refractivity contribution in [2.75, 3.05) is 12.4 Å². The van der Waals surface area contributed by atoms with Gasteiger partial charge in [-0.1, -0.05) is 0 Å². The molecular formula is C5H9NO3S. The molecule has 0 heterocycles. The van der Waals surface area contributed by atoms with Gasteiger partial charge in [0, 0.05) is 0 Å². The Morgan fingerprint density at radius 3 is 3.00 bits per heavy atom. The average Bonchev–Trinajstić information content (AvgIpc) is 1.89. The van der Waals surface area contributed by atoms with Crippen LogP contribution in [-0.4, -0.2) is 24.7 Å². The minimum absolute atomic E-state index is 0.249. The van der Waals surface area contributed by atoms with E-state index in [4.69, 9.17) is 0 Å². The molecule has 1 amide bonds. The number of carbonyl (C=O) groups is 2. The maximum atomic E-state index is 10.4. The summed E-state index contributed by atoms with van der Waals surface area (Å²) in [5.74, 6) is 0.249. The lowest BCUT2D eigenvalue weighted by Gasteiger charge is -2.00. The van der Waals surface area contributed by atoms with Gasteiger partial charge in [-0.25, -0.2) is 4.79 Å². The summed E-state index contributed by atoms with van der Waals surface area (Å²) in [4.78, 5) is 20.2. The summed E-state index contributed by atoms with van der Waals surface area (Å²) in [6.07, 6.45) is 0.200. The highest BCUT2D eigenvalue weighted by atomic mass is 32.2. The second-order valence-electron chi connectivity index (χ2n) is 1.30. The van der Waals surface area contributed by atoms with E-state index < -0.39 is 6.09 Å². The molecule has 0 spiro atoms. The van der Waals surface area contributed by atoms with Crippen molar-refractivity contribution in [2.24, 2.45) is 0 Å². The molecule has 0 aliphatic heterocycles. The van der Waals surface area contributed by atoms with Crippen molar-refractivity contribution in [1.82, 2.24) is 4.72 Å². The van der Waals surface area contributed by atoms with Crippen LogP contribution in [0, 0.1) is 0 Å². The van der Waals surface area contributed by atoms with Crippen LogP contribution < -0.4 is 4.72 Å². The van der Waals surface area contributed by atoms with Crippen LogP contribution in [0.25, 0.3) is 0 Å². The Hall–Kier alpha value is -0.710. The van der Waals surface area contributed by atoms with E-state index in [0.29, 0.717) is 12.9 Å². The van der Waals surface area contributed by atoms with Gasteiger partial charge < -0.3 is 9.53 Å². The molecule has 0 fully saturated rings. The first-order valence-corrected chi connectivity index (χ1v) is 3.78. The highest BCUT2D eigenvalue weighted by Gasteiger charge is 1.96. The third-order valence-corrected chi connectivity index (χ3v) is 1.20. The summed E-state index contributed by atoms with van der Waals surface area (Å²) in [5, 5.41) is 0. The van der Waals surface area contributed by atoms with Gasteiger partial charge in [0.15, 0.2) is 0 Å². The minimum atomic E-state index is -0.505. The molecule has 5 heteroatoms. The summed E-state index contributed by atoms with van der Waals surface area (Å²) >= 11 is 1.01. The number of amides is 1. The van der Waals surface area contributed by atoms with Gasteiger partial charge in [0.05, 0.1) is 12.4 Å². The maximum absolute atomic E-state index is 10.4. The SMILES string of the molecule is CCOC(=O)NSCC=O. The van der Waals surface area contributed by atoms with Gasteiger partial charge >= 0.3 is 6.09 Å². The molecule has 0 saturated heterocycles. The van der Waals surface area contributed by atoms with E-state index in [9.17, 15) is 9.59 Å². The quantitative estimate of drug-likeness (QED) is 0.374. The molecule has 0 aliphatic rings. The molecule has 0 rings (SSSR count). The lowest BCUT2D eigenvalue weighted by atomic mass is 10.9. The van der Waals surface area contributed by atoms with Crippen molar-refractivity contribution >= 4 is 24.3 Å². The Labute approximate surface area is 63.4 Å². The number of carbonyl (C=O) groups excluding carboxylic acids is 2. The summed E-state index contributed by atoms with van der Waals surface area (Å²) in [5.41, 5.74) is 0. The fourth-order valence-electron chi connectivity index (χ4n) is 0.295. The van der Waals surface area contributed by atoms with Crippen LogP contribution in [-0.2, 0) is 9.53 Å². The first-order chi connectivity index (χ1) is 4.81. The predicted octanol–water partition coefficient (Wildman–Crippen LogP) is 0.580. The molecule has 0 aliphatic carbocycles. The van der Waals surface area contributed by atoms with Crippen LogP contribution in [0.1, 0.15) is 6.92 Å². The van der Waals surface area contributed by atoms with Crippen molar-refractivity contribution < 1.29 is 14.3 Å². The van der Waals surface area contributed by atoms with Crippen LogP contribution in [0.2, 0.25) is 0 Å². The largest absolute Gasteiger partial charge is 0.449 e. The number of ether oxygens (including phenoxy) is 1. The van der Waals surface area contributed by atoms with Crippen molar-refractivity contribution in [3.8, 4) is 0 Å². The number of rotatable bonds is 4. The van der Waals surface area contributed by atoms with Gasteiger partial charge in [-0.05, 0) is 18.9 Å². The number of aldehydes is 1. The monoisotopic (exact) mass is 163 g/mol. The zero-order valence-corrected chi connectivity index (χ0v) is 6.44. The molecular weight excluding hydrogens is 154 g/mol. The molecule has 0 aromatic heterocycles. The summed E-state index contributed by atoms with van der Waals surface area (Å²) in [7, 11) is 0. The molecule has 1 N–H and O–H groups in total. The fraction of sp³-hybridized carbons (Fsp3) is 0.600. The molecule has 0 saturated carbocycles. The average molecular weight is 163 g/mol. The Balaban J connectivity index is 3.13. The van der Waals surface area contributed by atoms with Gasteiger partial charge in [-0.2, -0.15) is 0 Å². The lowest BCUT2D eigenvalue weighted by Crippen LogP contribution is -2.17. The van der Waals surface area contributed by atoms with Gasteiger partial charge in [-0.3, -0.25) is 4.72 Å². The van der Waals surface area contributed by atoms with Gasteiger partial charge in [-0.15, -0.1) is 0 Å². The summed E-state index contributed by atoms with van der Waals surface area (Å²) in [6.45, 7) is 2.05. The zero-order chi connectivity index (χ0) is 7.82. The maximum Gasteiger partial charge on any atom is 0.417 e. The Kier molecular flexibility index (Phi) is 5.96. The number of hydrogen-bond donors (Lipinski definition) is 1. The molecule has 0 unspecified atom stereocenters. The Morgan fingerprint density at radius 1 is 1.80 bits per heavy atom. The van der Waals surface area contributed by atoms with Crippen molar-refractivity contribution in [1.29, 1.82) is 0 Å². The topological polar surface area (TPSA) is 55.4 Å². The minimum Gasteiger partial charge on any atom is -0.449 e. The van der Waals surface area contributed by atoms with Crippen LogP contribution in [0.5, 0.6) is 0 Å². The van der Waals surface area contributed by atoms with E-state index >= 15 is 0 Å². The normalized spacial score (nSPS) is 8.50. The second-order valence-corrected chi connectivity index (χ2v) is 2.13. The predicted molar refractivity (Wildman–Crippen MR) is 38.7 cm³/mol. The highest BCUT2D eigenvalue weighted by molar-refractivity contribution is 7.98. The van der Waals surface area contributed by atoms with E-state index in [-0.39, 0.29) is 5.75 Å². The Bertz CT molecular complexity index is 117. The second kappa shape index (κ2) is 6.41. The first-order valence-electron chi connectivity index (χ1n) is 2.79. The van der Waals surface area contributed by atoms with E-state index in [1.807, 2.05) is 0 Å². The fourth-order valence-corrected chi connectivity index (χ4v) is 0.623. The summed E-state index contributed by atoms with van der Waals surface area (Å²) < 4.78 is 6.81. The molecule has 10 heavy (non-hydrogen) atoms. The molecule has 0 bridgehead atoms. The van der Waals surface area contributed by atoms with Crippen LogP contribution in [0.3, 0.4) is 0 Å². The number of nitrogens with one attached hydrogen (secondary N) is 1. The van der Waals surface area contributed by atoms with Crippen molar-refractivity contribution in [2.45, 2.75) is 6.92 Å². The van der Waals surface area contributed by atoms with Gasteiger partial charge in [0.25, 0.3) is 0 Å². The number of hydrogen-bond acceptors (Lipinski definition) is 4. The van der Waals surface area contributed by atoms with Gasteiger partial charge in [0.2, 0.25) is 0 Å². The van der Waals surface area contributed by atoms with Crippen molar-refractivity contribution in [3.63, 3.8) is 0 Å². The van der Waals surface area contributed by atoms with Crippen LogP contribution in [0.15, 0.2) is 0 Å². The molecule has 58 valence electrons. The summed E-state index contributed by atoms with van der Waals surface area (Å²) in [6, 6.07) is 0. The molecule has 0 atom stereocenters.